The van der Waals surface area contributed by atoms with E-state index in [1.54, 1.807) is 30.0 Å². The minimum atomic E-state index is -0.501. The van der Waals surface area contributed by atoms with Gasteiger partial charge in [-0.1, -0.05) is 12.1 Å². The maximum Gasteiger partial charge on any atom is 0.412 e. The van der Waals surface area contributed by atoms with Gasteiger partial charge >= 0.3 is 6.09 Å². The van der Waals surface area contributed by atoms with Gasteiger partial charge in [0, 0.05) is 12.8 Å². The van der Waals surface area contributed by atoms with Crippen LogP contribution in [0.3, 0.4) is 0 Å². The number of hydrogen-bond donors (Lipinski definition) is 1. The Labute approximate surface area is 106 Å². The summed E-state index contributed by atoms with van der Waals surface area (Å²) in [6.45, 7) is 1.98. The highest BCUT2D eigenvalue weighted by Crippen LogP contribution is 2.27. The Bertz CT molecular complexity index is 371. The topological polar surface area (TPSA) is 47.6 Å². The SMILES string of the molecule is CNC(=O)Oc1ccccc1OC(C)CSC. The average molecular weight is 255 g/mol. The van der Waals surface area contributed by atoms with E-state index in [-0.39, 0.29) is 6.10 Å². The molecule has 1 aromatic carbocycles. The molecule has 0 spiro atoms. The Kier molecular flexibility index (Phi) is 5.69. The molecule has 5 heteroatoms. The second kappa shape index (κ2) is 7.06. The van der Waals surface area contributed by atoms with Crippen molar-refractivity contribution in [1.82, 2.24) is 5.32 Å². The molecule has 0 saturated carbocycles. The second-order valence-electron chi connectivity index (χ2n) is 3.47. The fourth-order valence-electron chi connectivity index (χ4n) is 1.27. The maximum atomic E-state index is 11.2. The van der Waals surface area contributed by atoms with Crippen LogP contribution in [-0.4, -0.2) is 31.3 Å². The first-order chi connectivity index (χ1) is 8.17. The monoisotopic (exact) mass is 255 g/mol. The van der Waals surface area contributed by atoms with Crippen LogP contribution in [0.1, 0.15) is 6.92 Å². The number of thioether (sulfide) groups is 1. The van der Waals surface area contributed by atoms with E-state index in [0.29, 0.717) is 11.5 Å². The summed E-state index contributed by atoms with van der Waals surface area (Å²) in [7, 11) is 1.52. The highest BCUT2D eigenvalue weighted by molar-refractivity contribution is 7.98. The van der Waals surface area contributed by atoms with Crippen LogP contribution in [0.25, 0.3) is 0 Å². The molecule has 0 aliphatic rings. The quantitative estimate of drug-likeness (QED) is 0.878. The van der Waals surface area contributed by atoms with Crippen LogP contribution >= 0.6 is 11.8 Å². The Morgan fingerprint density at radius 2 is 2.06 bits per heavy atom. The molecule has 0 radical (unpaired) electrons. The van der Waals surface area contributed by atoms with Crippen LogP contribution in [0.4, 0.5) is 4.79 Å². The number of hydrogen-bond acceptors (Lipinski definition) is 4. The van der Waals surface area contributed by atoms with Crippen molar-refractivity contribution in [3.63, 3.8) is 0 Å². The molecule has 1 rings (SSSR count). The van der Waals surface area contributed by atoms with Crippen LogP contribution in [0, 0.1) is 0 Å². The summed E-state index contributed by atoms with van der Waals surface area (Å²) in [5, 5.41) is 2.40. The van der Waals surface area contributed by atoms with Gasteiger partial charge in [-0.3, -0.25) is 0 Å². The molecule has 0 fully saturated rings. The number of para-hydroxylation sites is 2. The van der Waals surface area contributed by atoms with E-state index in [2.05, 4.69) is 5.32 Å². The molecule has 0 aliphatic carbocycles. The van der Waals surface area contributed by atoms with Crippen molar-refractivity contribution in [2.24, 2.45) is 0 Å². The van der Waals surface area contributed by atoms with Gasteiger partial charge < -0.3 is 14.8 Å². The van der Waals surface area contributed by atoms with Crippen molar-refractivity contribution in [3.05, 3.63) is 24.3 Å². The van der Waals surface area contributed by atoms with Gasteiger partial charge in [0.25, 0.3) is 0 Å². The third-order valence-corrected chi connectivity index (χ3v) is 2.79. The number of carbonyl (C=O) groups is 1. The van der Waals surface area contributed by atoms with Gasteiger partial charge in [0.15, 0.2) is 11.5 Å². The summed E-state index contributed by atoms with van der Waals surface area (Å²) >= 11 is 1.71. The molecule has 1 unspecified atom stereocenters. The highest BCUT2D eigenvalue weighted by atomic mass is 32.2. The molecule has 1 N–H and O–H groups in total. The molecule has 4 nitrogen and oxygen atoms in total. The summed E-state index contributed by atoms with van der Waals surface area (Å²) < 4.78 is 10.8. The normalized spacial score (nSPS) is 11.7. The molecule has 0 bridgehead atoms. The van der Waals surface area contributed by atoms with E-state index >= 15 is 0 Å². The summed E-state index contributed by atoms with van der Waals surface area (Å²) in [6, 6.07) is 7.13. The summed E-state index contributed by atoms with van der Waals surface area (Å²) in [6.07, 6.45) is 1.59. The number of ether oxygens (including phenoxy) is 2. The molecule has 94 valence electrons. The minimum Gasteiger partial charge on any atom is -0.486 e. The van der Waals surface area contributed by atoms with E-state index in [0.717, 1.165) is 5.75 Å². The number of carbonyl (C=O) groups excluding carboxylic acids is 1. The first-order valence-corrected chi connectivity index (χ1v) is 6.71. The first-order valence-electron chi connectivity index (χ1n) is 5.31. The molecule has 0 aliphatic heterocycles. The molecule has 17 heavy (non-hydrogen) atoms. The van der Waals surface area contributed by atoms with Crippen molar-refractivity contribution in [3.8, 4) is 11.5 Å². The molecule has 1 amide bonds. The van der Waals surface area contributed by atoms with Crippen LogP contribution in [0.2, 0.25) is 0 Å². The van der Waals surface area contributed by atoms with Gasteiger partial charge in [0.05, 0.1) is 0 Å². The van der Waals surface area contributed by atoms with Crippen LogP contribution in [0.15, 0.2) is 24.3 Å². The van der Waals surface area contributed by atoms with Gasteiger partial charge in [-0.05, 0) is 25.3 Å². The van der Waals surface area contributed by atoms with Crippen LogP contribution in [-0.2, 0) is 0 Å². The van der Waals surface area contributed by atoms with E-state index in [4.69, 9.17) is 9.47 Å². The summed E-state index contributed by atoms with van der Waals surface area (Å²) in [5.74, 6) is 1.89. The van der Waals surface area contributed by atoms with Crippen molar-refractivity contribution >= 4 is 17.9 Å². The van der Waals surface area contributed by atoms with E-state index in [1.807, 2.05) is 19.2 Å². The van der Waals surface area contributed by atoms with Gasteiger partial charge in [-0.2, -0.15) is 11.8 Å². The largest absolute Gasteiger partial charge is 0.486 e. The van der Waals surface area contributed by atoms with Crippen molar-refractivity contribution < 1.29 is 14.3 Å². The average Bonchev–Trinajstić information content (AvgIpc) is 2.31. The summed E-state index contributed by atoms with van der Waals surface area (Å²) in [4.78, 5) is 11.2. The number of rotatable bonds is 5. The molecule has 0 saturated heterocycles. The van der Waals surface area contributed by atoms with Gasteiger partial charge in [0.1, 0.15) is 6.10 Å². The molecule has 0 heterocycles. The lowest BCUT2D eigenvalue weighted by atomic mass is 10.3. The lowest BCUT2D eigenvalue weighted by molar-refractivity contribution is 0.194. The molecule has 1 aromatic rings. The second-order valence-corrected chi connectivity index (χ2v) is 4.38. The standard InChI is InChI=1S/C12H17NO3S/c1-9(8-17-3)15-10-6-4-5-7-11(10)16-12(14)13-2/h4-7,9H,8H2,1-3H3,(H,13,14). The predicted octanol–water partition coefficient (Wildman–Crippen LogP) is 2.54. The highest BCUT2D eigenvalue weighted by Gasteiger charge is 2.11. The van der Waals surface area contributed by atoms with E-state index in [1.165, 1.54) is 7.05 Å². The molecule has 0 aromatic heterocycles. The zero-order valence-corrected chi connectivity index (χ0v) is 11.0. The number of nitrogens with one attached hydrogen (secondary N) is 1. The molecular weight excluding hydrogens is 238 g/mol. The summed E-state index contributed by atoms with van der Waals surface area (Å²) in [5.41, 5.74) is 0. The van der Waals surface area contributed by atoms with Gasteiger partial charge in [-0.25, -0.2) is 4.79 Å². The maximum absolute atomic E-state index is 11.2. The van der Waals surface area contributed by atoms with Crippen molar-refractivity contribution in [2.75, 3.05) is 19.1 Å². The third-order valence-electron chi connectivity index (χ3n) is 1.99. The zero-order chi connectivity index (χ0) is 12.7. The predicted molar refractivity (Wildman–Crippen MR) is 70.0 cm³/mol. The Balaban J connectivity index is 2.73. The lowest BCUT2D eigenvalue weighted by Gasteiger charge is -2.16. The van der Waals surface area contributed by atoms with Crippen LogP contribution < -0.4 is 14.8 Å². The van der Waals surface area contributed by atoms with Gasteiger partial charge in [0.2, 0.25) is 0 Å². The third kappa shape index (κ3) is 4.56. The fourth-order valence-corrected chi connectivity index (χ4v) is 1.81. The Hall–Kier alpha value is -1.36. The molecule has 1 atom stereocenters. The zero-order valence-electron chi connectivity index (χ0n) is 10.2. The van der Waals surface area contributed by atoms with Crippen molar-refractivity contribution in [1.29, 1.82) is 0 Å². The number of amides is 1. The number of benzene rings is 1. The smallest absolute Gasteiger partial charge is 0.412 e. The fraction of sp³-hybridized carbons (Fsp3) is 0.417. The Morgan fingerprint density at radius 1 is 1.41 bits per heavy atom. The Morgan fingerprint density at radius 3 is 2.65 bits per heavy atom. The minimum absolute atomic E-state index is 0.0689. The first kappa shape index (κ1) is 13.7. The van der Waals surface area contributed by atoms with E-state index < -0.39 is 6.09 Å². The van der Waals surface area contributed by atoms with Gasteiger partial charge in [-0.15, -0.1) is 0 Å². The van der Waals surface area contributed by atoms with Crippen molar-refractivity contribution in [2.45, 2.75) is 13.0 Å². The van der Waals surface area contributed by atoms with Crippen LogP contribution in [0.5, 0.6) is 11.5 Å². The molecular formula is C12H17NO3S. The lowest BCUT2D eigenvalue weighted by Crippen LogP contribution is -2.23. The van der Waals surface area contributed by atoms with E-state index in [9.17, 15) is 4.79 Å².